The lowest BCUT2D eigenvalue weighted by Crippen LogP contribution is -2.06. The summed E-state index contributed by atoms with van der Waals surface area (Å²) in [4.78, 5) is 29.3. The molecule has 0 aliphatic carbocycles. The van der Waals surface area contributed by atoms with Crippen LogP contribution in [0.15, 0.2) is 26.1 Å². The number of aliphatic imine (C=N–C) groups is 1. The van der Waals surface area contributed by atoms with Crippen molar-refractivity contribution in [3.63, 3.8) is 0 Å². The molecule has 0 bridgehead atoms. The topological polar surface area (TPSA) is 76.0 Å². The molecule has 1 aromatic heterocycles. The Morgan fingerprint density at radius 2 is 2.00 bits per heavy atom. The zero-order chi connectivity index (χ0) is 19.4. The molecule has 1 heterocycles. The van der Waals surface area contributed by atoms with E-state index in [1.807, 2.05) is 0 Å². The Bertz CT molecular complexity index is 890. The van der Waals surface area contributed by atoms with Gasteiger partial charge >= 0.3 is 5.97 Å². The van der Waals surface area contributed by atoms with E-state index in [0.717, 1.165) is 15.8 Å². The van der Waals surface area contributed by atoms with Crippen LogP contribution in [0.5, 0.6) is 5.75 Å². The van der Waals surface area contributed by atoms with Gasteiger partial charge in [0.15, 0.2) is 5.78 Å². The van der Waals surface area contributed by atoms with Crippen LogP contribution in [0.3, 0.4) is 0 Å². The molecule has 0 saturated heterocycles. The first-order valence-electron chi connectivity index (χ1n) is 7.85. The van der Waals surface area contributed by atoms with Crippen molar-refractivity contribution in [2.75, 3.05) is 6.61 Å². The minimum atomic E-state index is -0.511. The molecule has 1 N–H and O–H groups in total. The summed E-state index contributed by atoms with van der Waals surface area (Å²) < 4.78 is 6.39. The first-order valence-corrected chi connectivity index (χ1v) is 10.3. The molecule has 26 heavy (non-hydrogen) atoms. The van der Waals surface area contributed by atoms with E-state index in [9.17, 15) is 14.7 Å². The van der Waals surface area contributed by atoms with Gasteiger partial charge in [-0.05, 0) is 47.5 Å². The summed E-state index contributed by atoms with van der Waals surface area (Å²) in [6.45, 7) is 5.44. The van der Waals surface area contributed by atoms with Crippen LogP contribution in [-0.2, 0) is 4.74 Å². The standard InChI is InChI=1S/C18H17Br2NO4S/c1-4-13(22)16-9(3)14(18(24)25-5-2)17(26-16)21-8-10-6-11(19)7-12(20)15(10)23/h6-8,23H,4-5H2,1-3H3/b21-8+. The maximum Gasteiger partial charge on any atom is 0.341 e. The lowest BCUT2D eigenvalue weighted by Gasteiger charge is -2.04. The number of carbonyl (C=O) groups excluding carboxylic acids is 2. The number of hydrogen-bond acceptors (Lipinski definition) is 6. The van der Waals surface area contributed by atoms with Crippen LogP contribution in [0, 0.1) is 6.92 Å². The third-order valence-electron chi connectivity index (χ3n) is 3.56. The van der Waals surface area contributed by atoms with Crippen molar-refractivity contribution in [3.05, 3.63) is 42.6 Å². The maximum absolute atomic E-state index is 12.3. The largest absolute Gasteiger partial charge is 0.506 e. The average molecular weight is 503 g/mol. The molecule has 0 aliphatic rings. The second-order valence-corrected chi connectivity index (χ2v) is 8.09. The third-order valence-corrected chi connectivity index (χ3v) is 5.86. The van der Waals surface area contributed by atoms with E-state index in [1.165, 1.54) is 6.21 Å². The Kier molecular flexibility index (Phi) is 7.14. The van der Waals surface area contributed by atoms with Crippen molar-refractivity contribution in [2.45, 2.75) is 27.2 Å². The van der Waals surface area contributed by atoms with Gasteiger partial charge in [0.2, 0.25) is 0 Å². The number of aromatic hydroxyl groups is 1. The fourth-order valence-electron chi connectivity index (χ4n) is 2.27. The Labute approximate surface area is 172 Å². The summed E-state index contributed by atoms with van der Waals surface area (Å²) >= 11 is 7.78. The molecular formula is C18H17Br2NO4S. The van der Waals surface area contributed by atoms with Crippen LogP contribution < -0.4 is 0 Å². The lowest BCUT2D eigenvalue weighted by molar-refractivity contribution is 0.0527. The zero-order valence-corrected chi connectivity index (χ0v) is 18.4. The van der Waals surface area contributed by atoms with Crippen molar-refractivity contribution in [1.82, 2.24) is 0 Å². The van der Waals surface area contributed by atoms with Crippen molar-refractivity contribution in [3.8, 4) is 5.75 Å². The fraction of sp³-hybridized carbons (Fsp3) is 0.278. The van der Waals surface area contributed by atoms with Gasteiger partial charge in [-0.15, -0.1) is 11.3 Å². The molecule has 0 spiro atoms. The highest BCUT2D eigenvalue weighted by Gasteiger charge is 2.24. The second-order valence-electron chi connectivity index (χ2n) is 5.32. The molecule has 8 heteroatoms. The number of carbonyl (C=O) groups is 2. The second kappa shape index (κ2) is 8.92. The highest BCUT2D eigenvalue weighted by molar-refractivity contribution is 9.11. The summed E-state index contributed by atoms with van der Waals surface area (Å²) in [6, 6.07) is 3.41. The van der Waals surface area contributed by atoms with Gasteiger partial charge in [-0.1, -0.05) is 22.9 Å². The van der Waals surface area contributed by atoms with E-state index in [2.05, 4.69) is 36.9 Å². The molecule has 0 atom stereocenters. The molecule has 2 rings (SSSR count). The predicted octanol–water partition coefficient (Wildman–Crippen LogP) is 5.81. The van der Waals surface area contributed by atoms with Crippen molar-refractivity contribution in [1.29, 1.82) is 0 Å². The van der Waals surface area contributed by atoms with Crippen molar-refractivity contribution >= 4 is 66.2 Å². The van der Waals surface area contributed by atoms with Crippen LogP contribution in [0.1, 0.15) is 51.4 Å². The summed E-state index contributed by atoms with van der Waals surface area (Å²) in [5.41, 5.74) is 1.33. The molecule has 5 nitrogen and oxygen atoms in total. The van der Waals surface area contributed by atoms with E-state index < -0.39 is 5.97 Å². The van der Waals surface area contributed by atoms with Gasteiger partial charge < -0.3 is 9.84 Å². The number of esters is 1. The molecular weight excluding hydrogens is 486 g/mol. The molecule has 2 aromatic rings. The molecule has 0 unspecified atom stereocenters. The Morgan fingerprint density at radius 1 is 1.31 bits per heavy atom. The van der Waals surface area contributed by atoms with E-state index in [1.54, 1.807) is 32.9 Å². The van der Waals surface area contributed by atoms with Gasteiger partial charge in [0.1, 0.15) is 10.8 Å². The number of phenolic OH excluding ortho intramolecular Hbond substituents is 1. The highest BCUT2D eigenvalue weighted by atomic mass is 79.9. The maximum atomic E-state index is 12.3. The summed E-state index contributed by atoms with van der Waals surface area (Å²) in [5, 5.41) is 10.5. The predicted molar refractivity (Wildman–Crippen MR) is 110 cm³/mol. The molecule has 1 aromatic carbocycles. The molecule has 0 amide bonds. The number of halogens is 2. The molecule has 0 saturated carbocycles. The van der Waals surface area contributed by atoms with Crippen molar-refractivity contribution < 1.29 is 19.4 Å². The number of ether oxygens (including phenoxy) is 1. The number of rotatable bonds is 6. The Hall–Kier alpha value is -1.51. The minimum Gasteiger partial charge on any atom is -0.506 e. The van der Waals surface area contributed by atoms with E-state index in [-0.39, 0.29) is 18.1 Å². The smallest absolute Gasteiger partial charge is 0.341 e. The number of benzene rings is 1. The van der Waals surface area contributed by atoms with Crippen LogP contribution >= 0.6 is 43.2 Å². The first-order chi connectivity index (χ1) is 12.3. The van der Waals surface area contributed by atoms with Crippen LogP contribution in [0.4, 0.5) is 5.00 Å². The first kappa shape index (κ1) is 20.8. The number of ketones is 1. The monoisotopic (exact) mass is 501 g/mol. The minimum absolute atomic E-state index is 0.0350. The molecule has 0 radical (unpaired) electrons. The summed E-state index contributed by atoms with van der Waals surface area (Å²) in [5.74, 6) is -0.525. The molecule has 0 aliphatic heterocycles. The Balaban J connectivity index is 2.54. The van der Waals surface area contributed by atoms with Crippen LogP contribution in [0.2, 0.25) is 0 Å². The fourth-order valence-corrected chi connectivity index (χ4v) is 4.68. The van der Waals surface area contributed by atoms with Gasteiger partial charge in [0.05, 0.1) is 21.5 Å². The average Bonchev–Trinajstić information content (AvgIpc) is 2.92. The highest BCUT2D eigenvalue weighted by Crippen LogP contribution is 2.37. The number of Topliss-reactive ketones (excluding diaryl/α,β-unsaturated/α-hetero) is 1. The van der Waals surface area contributed by atoms with E-state index >= 15 is 0 Å². The quantitative estimate of drug-likeness (QED) is 0.307. The third kappa shape index (κ3) is 4.42. The van der Waals surface area contributed by atoms with Gasteiger partial charge in [-0.25, -0.2) is 9.79 Å². The number of phenols is 1. The van der Waals surface area contributed by atoms with Gasteiger partial charge in [0.25, 0.3) is 0 Å². The van der Waals surface area contributed by atoms with Gasteiger partial charge in [0, 0.05) is 22.7 Å². The summed E-state index contributed by atoms with van der Waals surface area (Å²) in [7, 11) is 0. The Morgan fingerprint density at radius 3 is 2.62 bits per heavy atom. The lowest BCUT2D eigenvalue weighted by atomic mass is 10.1. The molecule has 138 valence electrons. The van der Waals surface area contributed by atoms with E-state index in [4.69, 9.17) is 4.74 Å². The zero-order valence-electron chi connectivity index (χ0n) is 14.4. The number of thiophene rings is 1. The van der Waals surface area contributed by atoms with Crippen molar-refractivity contribution in [2.24, 2.45) is 4.99 Å². The van der Waals surface area contributed by atoms with Crippen LogP contribution in [-0.4, -0.2) is 29.7 Å². The number of hydrogen-bond donors (Lipinski definition) is 1. The van der Waals surface area contributed by atoms with Gasteiger partial charge in [-0.2, -0.15) is 0 Å². The normalized spacial score (nSPS) is 11.1. The number of nitrogens with zero attached hydrogens (tertiary/aromatic N) is 1. The molecule has 0 fully saturated rings. The van der Waals surface area contributed by atoms with Gasteiger partial charge in [-0.3, -0.25) is 4.79 Å². The SMILES string of the molecule is CCOC(=O)c1c(/N=C/c2cc(Br)cc(Br)c2O)sc(C(=O)CC)c1C. The van der Waals surface area contributed by atoms with Crippen LogP contribution in [0.25, 0.3) is 0 Å². The summed E-state index contributed by atoms with van der Waals surface area (Å²) in [6.07, 6.45) is 1.80. The van der Waals surface area contributed by atoms with E-state index in [0.29, 0.717) is 37.5 Å².